The molecule has 6 nitrogen and oxygen atoms in total. The first-order valence-corrected chi connectivity index (χ1v) is 9.38. The number of benzene rings is 1. The third-order valence-electron chi connectivity index (χ3n) is 8.68. The molecule has 5 aliphatic carbocycles. The van der Waals surface area contributed by atoms with Crippen LogP contribution in [0.1, 0.15) is 18.5 Å². The lowest BCUT2D eigenvalue weighted by Crippen LogP contribution is -2.53. The largest absolute Gasteiger partial charge is 0.352 e. The molecule has 2 aliphatic heterocycles. The van der Waals surface area contributed by atoms with Gasteiger partial charge in [0.15, 0.2) is 5.78 Å². The highest BCUT2D eigenvalue weighted by Crippen LogP contribution is 3.03. The Hall–Kier alpha value is -2.63. The van der Waals surface area contributed by atoms with Crippen LogP contribution in [-0.4, -0.2) is 19.7 Å². The maximum absolute atomic E-state index is 13.3. The summed E-state index contributed by atoms with van der Waals surface area (Å²) in [5.41, 5.74) is 0.0242. The van der Waals surface area contributed by atoms with Crippen molar-refractivity contribution in [2.75, 3.05) is 0 Å². The molecule has 3 heterocycles. The first kappa shape index (κ1) is 12.7. The number of para-hydroxylation sites is 1. The Kier molecular flexibility index (Phi) is 1.57. The van der Waals surface area contributed by atoms with Crippen molar-refractivity contribution in [1.82, 2.24) is 13.9 Å². The molecule has 0 saturated heterocycles. The molecule has 1 aromatic heterocycles. The third-order valence-corrected chi connectivity index (χ3v) is 8.68. The lowest BCUT2D eigenvalue weighted by Gasteiger charge is -2.48. The fourth-order valence-corrected chi connectivity index (χ4v) is 8.36. The molecule has 6 heteroatoms. The molecule has 0 unspecified atom stereocenters. The number of nitrogens with zero attached hydrogens (tertiary/aromatic N) is 3. The minimum Gasteiger partial charge on any atom is -0.295 e. The van der Waals surface area contributed by atoms with Crippen molar-refractivity contribution in [3.05, 3.63) is 63.5 Å². The molecule has 4 saturated carbocycles. The summed E-state index contributed by atoms with van der Waals surface area (Å²) < 4.78 is 4.83. The van der Waals surface area contributed by atoms with Crippen molar-refractivity contribution in [2.45, 2.75) is 18.5 Å². The Bertz CT molecular complexity index is 1230. The first-order chi connectivity index (χ1) is 12.6. The van der Waals surface area contributed by atoms with E-state index in [9.17, 15) is 14.4 Å². The van der Waals surface area contributed by atoms with Gasteiger partial charge in [0.05, 0.1) is 17.8 Å². The lowest BCUT2D eigenvalue weighted by atomic mass is 9.67. The molecule has 4 fully saturated rings. The Morgan fingerprint density at radius 2 is 1.58 bits per heavy atom. The molecule has 8 atom stereocenters. The predicted molar refractivity (Wildman–Crippen MR) is 90.0 cm³/mol. The van der Waals surface area contributed by atoms with Gasteiger partial charge in [-0.05, 0) is 41.9 Å². The van der Waals surface area contributed by atoms with E-state index < -0.39 is 0 Å². The second-order valence-corrected chi connectivity index (χ2v) is 8.97. The molecule has 26 heavy (non-hydrogen) atoms. The van der Waals surface area contributed by atoms with Gasteiger partial charge in [0.25, 0.3) is 0 Å². The topological polar surface area (TPSA) is 66.0 Å². The number of allylic oxidation sites excluding steroid dienone is 2. The summed E-state index contributed by atoms with van der Waals surface area (Å²) >= 11 is 0. The van der Waals surface area contributed by atoms with Crippen LogP contribution in [0.2, 0.25) is 0 Å². The van der Waals surface area contributed by atoms with Crippen LogP contribution in [-0.2, 0) is 4.79 Å². The van der Waals surface area contributed by atoms with Gasteiger partial charge in [0.1, 0.15) is 0 Å². The Balaban J connectivity index is 1.48. The zero-order valence-electron chi connectivity index (χ0n) is 13.8. The Morgan fingerprint density at radius 1 is 0.885 bits per heavy atom. The summed E-state index contributed by atoms with van der Waals surface area (Å²) in [4.78, 5) is 38.9. The summed E-state index contributed by atoms with van der Waals surface area (Å²) in [6, 6.07) is 9.24. The third kappa shape index (κ3) is 0.863. The second-order valence-electron chi connectivity index (χ2n) is 8.97. The molecule has 2 spiro atoms. The average Bonchev–Trinajstić information content (AvgIpc) is 3.40. The van der Waals surface area contributed by atoms with Crippen LogP contribution >= 0.6 is 0 Å². The van der Waals surface area contributed by atoms with Gasteiger partial charge in [-0.15, -0.1) is 0 Å². The van der Waals surface area contributed by atoms with E-state index in [1.165, 1.54) is 4.57 Å². The molecular weight excluding hydrogens is 330 g/mol. The van der Waals surface area contributed by atoms with Crippen molar-refractivity contribution >= 4 is 5.78 Å². The van der Waals surface area contributed by atoms with Gasteiger partial charge in [-0.3, -0.25) is 4.79 Å². The minimum absolute atomic E-state index is 0.0200. The monoisotopic (exact) mass is 345 g/mol. The number of carbonyl (C=O) groups excluding carboxylic acids is 1. The van der Waals surface area contributed by atoms with Gasteiger partial charge in [-0.1, -0.05) is 24.3 Å². The molecular formula is C20H15N3O3. The molecule has 7 aliphatic rings. The summed E-state index contributed by atoms with van der Waals surface area (Å²) in [7, 11) is 0. The van der Waals surface area contributed by atoms with Crippen molar-refractivity contribution in [3.63, 3.8) is 0 Å². The van der Waals surface area contributed by atoms with Gasteiger partial charge in [0, 0.05) is 17.3 Å². The SMILES string of the molecule is O=C1C=C[C@@]23[C@@H]4[C@H]5[C@@H]6[C@@H]5[C@@H]2[C@]3(C1)[C@@H]6n1c(=O)n(-c2ccccc2)c(=O)n14. The van der Waals surface area contributed by atoms with E-state index in [4.69, 9.17) is 0 Å². The van der Waals surface area contributed by atoms with Gasteiger partial charge in [0.2, 0.25) is 0 Å². The number of ketones is 1. The Labute approximate surface area is 147 Å². The molecule has 2 aromatic rings. The molecule has 128 valence electrons. The highest BCUT2D eigenvalue weighted by Gasteiger charge is 3.03. The molecule has 1 aromatic carbocycles. The zero-order valence-corrected chi connectivity index (χ0v) is 13.8. The summed E-state index contributed by atoms with van der Waals surface area (Å²) in [6.45, 7) is 0. The predicted octanol–water partition coefficient (Wildman–Crippen LogP) is 0.917. The minimum atomic E-state index is -0.238. The summed E-state index contributed by atoms with van der Waals surface area (Å²) in [6.07, 6.45) is 4.40. The molecule has 0 radical (unpaired) electrons. The maximum Gasteiger partial charge on any atom is 0.352 e. The number of rotatable bonds is 1. The van der Waals surface area contributed by atoms with Gasteiger partial charge >= 0.3 is 11.4 Å². The summed E-state index contributed by atoms with van der Waals surface area (Å²) in [5, 5.41) is 0. The molecule has 9 rings (SSSR count). The Morgan fingerprint density at radius 3 is 2.35 bits per heavy atom. The number of aromatic nitrogens is 3. The average molecular weight is 345 g/mol. The number of carbonyl (C=O) groups is 1. The summed E-state index contributed by atoms with van der Waals surface area (Å²) in [5.74, 6) is 2.30. The fourth-order valence-electron chi connectivity index (χ4n) is 8.36. The number of hydrogen-bond acceptors (Lipinski definition) is 3. The molecule has 2 bridgehead atoms. The van der Waals surface area contributed by atoms with Crippen LogP contribution in [0.5, 0.6) is 0 Å². The van der Waals surface area contributed by atoms with E-state index in [1.807, 2.05) is 18.2 Å². The first-order valence-electron chi connectivity index (χ1n) is 9.38. The molecule has 0 N–H and O–H groups in total. The standard InChI is InChI=1S/C20H15N3O3/c24-10-6-7-19-14-11-12-13(11)16(20(14,19)8-10)23-18(26)21(9-4-2-1-3-5-9)17(25)22(23)15(12)19/h1-7,11-16H,8H2/t11-,12-,13+,14+,15+,16-,19+,20-/m1/s1. The van der Waals surface area contributed by atoms with E-state index >= 15 is 0 Å². The highest BCUT2D eigenvalue weighted by atomic mass is 16.2. The van der Waals surface area contributed by atoms with Crippen LogP contribution < -0.4 is 11.4 Å². The zero-order chi connectivity index (χ0) is 17.2. The van der Waals surface area contributed by atoms with Crippen molar-refractivity contribution in [2.24, 2.45) is 34.5 Å². The highest BCUT2D eigenvalue weighted by molar-refractivity contribution is 5.93. The van der Waals surface area contributed by atoms with Crippen LogP contribution in [0.3, 0.4) is 0 Å². The second kappa shape index (κ2) is 3.21. The van der Waals surface area contributed by atoms with E-state index in [1.54, 1.807) is 27.6 Å². The molecule has 0 amide bonds. The van der Waals surface area contributed by atoms with Gasteiger partial charge in [-0.25, -0.2) is 23.5 Å². The van der Waals surface area contributed by atoms with Crippen molar-refractivity contribution in [3.8, 4) is 5.69 Å². The van der Waals surface area contributed by atoms with E-state index in [-0.39, 0.29) is 40.1 Å². The number of hydrogen-bond donors (Lipinski definition) is 0. The van der Waals surface area contributed by atoms with Gasteiger partial charge < -0.3 is 0 Å². The smallest absolute Gasteiger partial charge is 0.295 e. The van der Waals surface area contributed by atoms with E-state index in [0.29, 0.717) is 35.8 Å². The normalized spacial score (nSPS) is 49.2. The van der Waals surface area contributed by atoms with Crippen LogP contribution in [0.15, 0.2) is 52.1 Å². The fraction of sp³-hybridized carbons (Fsp3) is 0.450. The lowest BCUT2D eigenvalue weighted by molar-refractivity contribution is -0.119. The van der Waals surface area contributed by atoms with Crippen molar-refractivity contribution < 1.29 is 4.79 Å². The maximum atomic E-state index is 13.3. The van der Waals surface area contributed by atoms with E-state index in [2.05, 4.69) is 6.08 Å². The van der Waals surface area contributed by atoms with Crippen LogP contribution in [0.25, 0.3) is 5.69 Å². The van der Waals surface area contributed by atoms with Crippen LogP contribution in [0, 0.1) is 34.5 Å². The van der Waals surface area contributed by atoms with E-state index in [0.717, 1.165) is 0 Å². The van der Waals surface area contributed by atoms with Crippen molar-refractivity contribution in [1.29, 1.82) is 0 Å². The van der Waals surface area contributed by atoms with Crippen LogP contribution in [0.4, 0.5) is 0 Å². The quantitative estimate of drug-likeness (QED) is 0.772. The van der Waals surface area contributed by atoms with Gasteiger partial charge in [-0.2, -0.15) is 0 Å².